The van der Waals surface area contributed by atoms with E-state index in [1.807, 2.05) is 18.2 Å². The van der Waals surface area contributed by atoms with Gasteiger partial charge in [-0.15, -0.1) is 0 Å². The summed E-state index contributed by atoms with van der Waals surface area (Å²) in [6, 6.07) is 2.02. The van der Waals surface area contributed by atoms with Crippen LogP contribution in [-0.2, 0) is 36.8 Å². The molecule has 0 aliphatic heterocycles. The second-order valence-corrected chi connectivity index (χ2v) is 9.16. The van der Waals surface area contributed by atoms with Crippen LogP contribution in [0.15, 0.2) is 43.0 Å². The molecule has 0 radical (unpaired) electrons. The second kappa shape index (κ2) is 13.9. The van der Waals surface area contributed by atoms with Crippen LogP contribution >= 0.6 is 0 Å². The molecule has 0 spiro atoms. The van der Waals surface area contributed by atoms with Crippen LogP contribution in [0.5, 0.6) is 0 Å². The largest absolute Gasteiger partial charge is 0.480 e. The Balaban J connectivity index is 1.82. The monoisotopic (exact) mass is 556 g/mol. The number of aliphatic hydroxyl groups is 1. The molecule has 0 saturated carbocycles. The highest BCUT2D eigenvalue weighted by molar-refractivity contribution is 5.95. The summed E-state index contributed by atoms with van der Waals surface area (Å²) >= 11 is 0. The number of hydrogen-bond acceptors (Lipinski definition) is 8. The van der Waals surface area contributed by atoms with E-state index in [1.54, 1.807) is 12.3 Å². The summed E-state index contributed by atoms with van der Waals surface area (Å²) in [4.78, 5) is 71.9. The molecular formula is C25H32N8O7. The predicted molar refractivity (Wildman–Crippen MR) is 141 cm³/mol. The minimum Gasteiger partial charge on any atom is -0.480 e. The van der Waals surface area contributed by atoms with Gasteiger partial charge in [0.25, 0.3) is 0 Å². The molecule has 0 bridgehead atoms. The van der Waals surface area contributed by atoms with Gasteiger partial charge in [-0.3, -0.25) is 19.2 Å². The number of aromatic amines is 2. The zero-order valence-corrected chi connectivity index (χ0v) is 21.4. The Morgan fingerprint density at radius 3 is 2.25 bits per heavy atom. The Kier molecular flexibility index (Phi) is 10.3. The number of benzene rings is 1. The summed E-state index contributed by atoms with van der Waals surface area (Å²) in [5.41, 5.74) is 12.8. The number of aromatic nitrogens is 3. The van der Waals surface area contributed by atoms with Gasteiger partial charge in [-0.05, 0) is 18.1 Å². The molecule has 0 saturated heterocycles. The van der Waals surface area contributed by atoms with E-state index >= 15 is 0 Å². The van der Waals surface area contributed by atoms with Gasteiger partial charge in [0.2, 0.25) is 23.6 Å². The van der Waals surface area contributed by atoms with Gasteiger partial charge in [0.1, 0.15) is 24.2 Å². The van der Waals surface area contributed by atoms with Crippen LogP contribution in [0, 0.1) is 0 Å². The molecule has 4 amide bonds. The topological polar surface area (TPSA) is 258 Å². The third-order valence-electron chi connectivity index (χ3n) is 6.17. The summed E-state index contributed by atoms with van der Waals surface area (Å²) < 4.78 is 0. The van der Waals surface area contributed by atoms with E-state index in [-0.39, 0.29) is 25.7 Å². The smallest absolute Gasteiger partial charge is 0.326 e. The number of carbonyl (C=O) groups is 5. The molecule has 4 unspecified atom stereocenters. The number of carboxylic acids is 1. The Morgan fingerprint density at radius 2 is 1.60 bits per heavy atom. The quantitative estimate of drug-likeness (QED) is 0.0982. The zero-order valence-electron chi connectivity index (χ0n) is 21.4. The van der Waals surface area contributed by atoms with Crippen molar-refractivity contribution in [2.24, 2.45) is 11.5 Å². The fourth-order valence-electron chi connectivity index (χ4n) is 4.01. The lowest BCUT2D eigenvalue weighted by atomic mass is 10.0. The highest BCUT2D eigenvalue weighted by Gasteiger charge is 2.31. The van der Waals surface area contributed by atoms with E-state index in [1.165, 1.54) is 12.5 Å². The standard InChI is InChI=1S/C25H32N8O7/c26-16(11-34)22(36)32-19(7-13-9-29-17-4-2-1-3-15(13)17)24(38)31-18(5-6-21(27)35)23(37)33-20(25(39)40)8-14-10-28-12-30-14/h1-4,9-10,12,16,18-20,29,34H,5-8,11,26H2,(H2,27,35)(H,28,30)(H,31,38)(H,32,36)(H,33,37)(H,39,40). The molecule has 40 heavy (non-hydrogen) atoms. The Bertz CT molecular complexity index is 1340. The van der Waals surface area contributed by atoms with Crippen LogP contribution in [0.1, 0.15) is 24.1 Å². The first-order valence-corrected chi connectivity index (χ1v) is 12.4. The Labute approximate surface area is 228 Å². The van der Waals surface area contributed by atoms with E-state index in [0.29, 0.717) is 11.3 Å². The molecule has 15 heteroatoms. The first kappa shape index (κ1) is 29.8. The number of H-pyrrole nitrogens is 2. The van der Waals surface area contributed by atoms with Crippen LogP contribution in [-0.4, -0.2) is 85.5 Å². The SMILES string of the molecule is NC(=O)CCC(NC(=O)C(Cc1c[nH]c2ccccc12)NC(=O)C(N)CO)C(=O)NC(Cc1cnc[nH]1)C(=O)O. The first-order valence-electron chi connectivity index (χ1n) is 12.4. The van der Waals surface area contributed by atoms with Crippen LogP contribution in [0.4, 0.5) is 0 Å². The lowest BCUT2D eigenvalue weighted by Crippen LogP contribution is -2.58. The number of fused-ring (bicyclic) bond motifs is 1. The minimum absolute atomic E-state index is 0.0124. The van der Waals surface area contributed by atoms with Crippen molar-refractivity contribution in [3.8, 4) is 0 Å². The van der Waals surface area contributed by atoms with Gasteiger partial charge in [0.15, 0.2) is 0 Å². The average molecular weight is 557 g/mol. The summed E-state index contributed by atoms with van der Waals surface area (Å²) in [5, 5.41) is 27.0. The number of amides is 4. The third kappa shape index (κ3) is 8.12. The molecule has 2 aromatic heterocycles. The number of para-hydroxylation sites is 1. The molecular weight excluding hydrogens is 524 g/mol. The van der Waals surface area contributed by atoms with Crippen molar-refractivity contribution in [1.82, 2.24) is 30.9 Å². The third-order valence-corrected chi connectivity index (χ3v) is 6.17. The summed E-state index contributed by atoms with van der Waals surface area (Å²) in [7, 11) is 0. The summed E-state index contributed by atoms with van der Waals surface area (Å²) in [6.07, 6.45) is 3.80. The molecule has 3 aromatic rings. The number of nitrogens with one attached hydrogen (secondary N) is 5. The number of hydrogen-bond donors (Lipinski definition) is 9. The molecule has 1 aromatic carbocycles. The highest BCUT2D eigenvalue weighted by atomic mass is 16.4. The van der Waals surface area contributed by atoms with Crippen LogP contribution in [0.3, 0.4) is 0 Å². The maximum Gasteiger partial charge on any atom is 0.326 e. The van der Waals surface area contributed by atoms with Gasteiger partial charge in [-0.1, -0.05) is 18.2 Å². The van der Waals surface area contributed by atoms with Crippen molar-refractivity contribution >= 4 is 40.5 Å². The normalized spacial score (nSPS) is 14.1. The highest BCUT2D eigenvalue weighted by Crippen LogP contribution is 2.19. The Hall–Kier alpha value is -4.76. The number of primary amides is 1. The number of aliphatic hydroxyl groups excluding tert-OH is 1. The van der Waals surface area contributed by atoms with Crippen molar-refractivity contribution < 1.29 is 34.2 Å². The number of imidazole rings is 1. The maximum absolute atomic E-state index is 13.4. The van der Waals surface area contributed by atoms with Gasteiger partial charge in [-0.2, -0.15) is 0 Å². The number of carbonyl (C=O) groups excluding carboxylic acids is 4. The van der Waals surface area contributed by atoms with E-state index < -0.39 is 60.4 Å². The van der Waals surface area contributed by atoms with Gasteiger partial charge in [0, 0.05) is 48.3 Å². The Morgan fingerprint density at radius 1 is 0.925 bits per heavy atom. The van der Waals surface area contributed by atoms with Crippen LogP contribution in [0.2, 0.25) is 0 Å². The van der Waals surface area contributed by atoms with Gasteiger partial charge in [0.05, 0.1) is 12.9 Å². The molecule has 15 nitrogen and oxygen atoms in total. The number of carboxylic acid groups (broad SMARTS) is 1. The van der Waals surface area contributed by atoms with Gasteiger partial charge in [-0.25, -0.2) is 9.78 Å². The van der Waals surface area contributed by atoms with Crippen LogP contribution in [0.25, 0.3) is 10.9 Å². The number of rotatable bonds is 15. The summed E-state index contributed by atoms with van der Waals surface area (Å²) in [5.74, 6) is -4.53. The molecule has 11 N–H and O–H groups in total. The predicted octanol–water partition coefficient (Wildman–Crippen LogP) is -2.20. The van der Waals surface area contributed by atoms with Crippen molar-refractivity contribution in [2.45, 2.75) is 49.9 Å². The maximum atomic E-state index is 13.4. The van der Waals surface area contributed by atoms with E-state index in [2.05, 4.69) is 30.9 Å². The van der Waals surface area contributed by atoms with Crippen molar-refractivity contribution in [1.29, 1.82) is 0 Å². The molecule has 4 atom stereocenters. The lowest BCUT2D eigenvalue weighted by molar-refractivity contribution is -0.142. The average Bonchev–Trinajstić information content (AvgIpc) is 3.59. The lowest BCUT2D eigenvalue weighted by Gasteiger charge is -2.25. The fourth-order valence-corrected chi connectivity index (χ4v) is 4.01. The molecule has 214 valence electrons. The van der Waals surface area contributed by atoms with E-state index in [9.17, 15) is 34.2 Å². The van der Waals surface area contributed by atoms with Crippen LogP contribution < -0.4 is 27.4 Å². The molecule has 0 fully saturated rings. The van der Waals surface area contributed by atoms with E-state index in [4.69, 9.17) is 11.5 Å². The zero-order chi connectivity index (χ0) is 29.2. The first-order chi connectivity index (χ1) is 19.1. The molecule has 0 aliphatic rings. The van der Waals surface area contributed by atoms with Crippen molar-refractivity contribution in [3.63, 3.8) is 0 Å². The molecule has 2 heterocycles. The van der Waals surface area contributed by atoms with E-state index in [0.717, 1.165) is 10.9 Å². The molecule has 0 aliphatic carbocycles. The number of nitrogens with zero attached hydrogens (tertiary/aromatic N) is 1. The number of nitrogens with two attached hydrogens (primary N) is 2. The fraction of sp³-hybridized carbons (Fsp3) is 0.360. The molecule has 3 rings (SSSR count). The van der Waals surface area contributed by atoms with Crippen molar-refractivity contribution in [2.75, 3.05) is 6.61 Å². The van der Waals surface area contributed by atoms with Gasteiger partial charge >= 0.3 is 5.97 Å². The number of aliphatic carboxylic acids is 1. The second-order valence-electron chi connectivity index (χ2n) is 9.16. The van der Waals surface area contributed by atoms with Crippen molar-refractivity contribution in [3.05, 3.63) is 54.2 Å². The minimum atomic E-state index is -1.37. The van der Waals surface area contributed by atoms with Gasteiger partial charge < -0.3 is 47.6 Å². The summed E-state index contributed by atoms with van der Waals surface area (Å²) in [6.45, 7) is -0.663.